The summed E-state index contributed by atoms with van der Waals surface area (Å²) in [5.41, 5.74) is 0. The summed E-state index contributed by atoms with van der Waals surface area (Å²) in [6.07, 6.45) is 24.6. The Morgan fingerprint density at radius 1 is 0.958 bits per heavy atom. The zero-order chi connectivity index (χ0) is 17.5. The Balaban J connectivity index is 1.90. The summed E-state index contributed by atoms with van der Waals surface area (Å²) in [6, 6.07) is 0. The lowest BCUT2D eigenvalue weighted by Crippen LogP contribution is -1.98. The lowest BCUT2D eigenvalue weighted by Gasteiger charge is -1.95. The number of methoxy groups -OCH3 is 1. The van der Waals surface area contributed by atoms with E-state index in [0.717, 1.165) is 32.1 Å². The Labute approximate surface area is 147 Å². The minimum absolute atomic E-state index is 0.126. The molecule has 0 bridgehead atoms. The molecule has 1 aliphatic rings. The van der Waals surface area contributed by atoms with Crippen LogP contribution in [0.4, 0.5) is 0 Å². The van der Waals surface area contributed by atoms with Crippen molar-refractivity contribution in [2.24, 2.45) is 0 Å². The third-order valence-electron chi connectivity index (χ3n) is 4.17. The van der Waals surface area contributed by atoms with Gasteiger partial charge in [0.2, 0.25) is 0 Å². The predicted octanol–water partition coefficient (Wildman–Crippen LogP) is 5.52. The zero-order valence-electron chi connectivity index (χ0n) is 15.4. The van der Waals surface area contributed by atoms with E-state index >= 15 is 0 Å². The van der Waals surface area contributed by atoms with Crippen LogP contribution in [0.3, 0.4) is 0 Å². The standard InChI is InChI=1S/C21H34O3/c1-3-4-13-16-19-20(24-19)17-14-11-9-7-5-6-8-10-12-15-18-21(22)23-2/h5,7-8,10-11,14,19-20H,3-4,6,9,12-13,15-18H2,1-2H3/b7-5-,10-8-,14-11+/t19-,20+/m0/s1. The highest BCUT2D eigenvalue weighted by molar-refractivity contribution is 5.69. The van der Waals surface area contributed by atoms with Gasteiger partial charge in [0.05, 0.1) is 19.3 Å². The lowest BCUT2D eigenvalue weighted by molar-refractivity contribution is -0.140. The molecule has 0 saturated carbocycles. The van der Waals surface area contributed by atoms with Gasteiger partial charge in [0, 0.05) is 6.42 Å². The van der Waals surface area contributed by atoms with E-state index in [9.17, 15) is 4.79 Å². The lowest BCUT2D eigenvalue weighted by atomic mass is 10.1. The highest BCUT2D eigenvalue weighted by Gasteiger charge is 2.36. The van der Waals surface area contributed by atoms with Gasteiger partial charge in [0.1, 0.15) is 0 Å². The summed E-state index contributed by atoms with van der Waals surface area (Å²) in [4.78, 5) is 10.9. The van der Waals surface area contributed by atoms with E-state index in [1.165, 1.54) is 32.8 Å². The summed E-state index contributed by atoms with van der Waals surface area (Å²) in [6.45, 7) is 2.24. The van der Waals surface area contributed by atoms with Crippen LogP contribution in [0.1, 0.15) is 71.1 Å². The van der Waals surface area contributed by atoms with E-state index in [4.69, 9.17) is 4.74 Å². The van der Waals surface area contributed by atoms with Crippen molar-refractivity contribution in [2.75, 3.05) is 7.11 Å². The molecule has 1 rings (SSSR count). The van der Waals surface area contributed by atoms with Gasteiger partial charge in [-0.05, 0) is 38.5 Å². The second-order valence-corrected chi connectivity index (χ2v) is 6.30. The molecule has 0 N–H and O–H groups in total. The summed E-state index contributed by atoms with van der Waals surface area (Å²) in [5, 5.41) is 0. The molecule has 0 amide bonds. The van der Waals surface area contributed by atoms with E-state index in [0.29, 0.717) is 18.6 Å². The summed E-state index contributed by atoms with van der Waals surface area (Å²) in [7, 11) is 1.43. The van der Waals surface area contributed by atoms with Crippen LogP contribution in [-0.4, -0.2) is 25.3 Å². The highest BCUT2D eigenvalue weighted by atomic mass is 16.6. The first kappa shape index (κ1) is 20.7. The first-order valence-electron chi connectivity index (χ1n) is 9.45. The smallest absolute Gasteiger partial charge is 0.305 e. The number of ether oxygens (including phenoxy) is 2. The molecule has 3 nitrogen and oxygen atoms in total. The number of carbonyl (C=O) groups is 1. The maximum atomic E-state index is 10.9. The maximum absolute atomic E-state index is 10.9. The molecule has 2 atom stereocenters. The third-order valence-corrected chi connectivity index (χ3v) is 4.17. The van der Waals surface area contributed by atoms with Gasteiger partial charge in [-0.2, -0.15) is 0 Å². The first-order chi connectivity index (χ1) is 11.8. The van der Waals surface area contributed by atoms with Gasteiger partial charge >= 0.3 is 5.97 Å². The Hall–Kier alpha value is -1.35. The van der Waals surface area contributed by atoms with E-state index in [-0.39, 0.29) is 5.97 Å². The van der Waals surface area contributed by atoms with Gasteiger partial charge in [-0.25, -0.2) is 0 Å². The second-order valence-electron chi connectivity index (χ2n) is 6.30. The fourth-order valence-corrected chi connectivity index (χ4v) is 2.59. The van der Waals surface area contributed by atoms with Gasteiger partial charge in [-0.15, -0.1) is 0 Å². The van der Waals surface area contributed by atoms with Crippen molar-refractivity contribution in [2.45, 2.75) is 83.3 Å². The molecule has 1 heterocycles. The molecule has 1 saturated heterocycles. The summed E-state index contributed by atoms with van der Waals surface area (Å²) >= 11 is 0. The minimum atomic E-state index is -0.126. The molecule has 0 unspecified atom stereocenters. The predicted molar refractivity (Wildman–Crippen MR) is 99.9 cm³/mol. The van der Waals surface area contributed by atoms with Crippen LogP contribution >= 0.6 is 0 Å². The molecule has 1 aliphatic heterocycles. The Morgan fingerprint density at radius 2 is 1.67 bits per heavy atom. The number of hydrogen-bond acceptors (Lipinski definition) is 3. The van der Waals surface area contributed by atoms with Gasteiger partial charge < -0.3 is 9.47 Å². The van der Waals surface area contributed by atoms with Crippen LogP contribution in [0, 0.1) is 0 Å². The average molecular weight is 335 g/mol. The van der Waals surface area contributed by atoms with Crippen LogP contribution < -0.4 is 0 Å². The van der Waals surface area contributed by atoms with Crippen molar-refractivity contribution in [1.29, 1.82) is 0 Å². The van der Waals surface area contributed by atoms with Gasteiger partial charge in [-0.1, -0.05) is 62.6 Å². The van der Waals surface area contributed by atoms with Crippen LogP contribution in [0.25, 0.3) is 0 Å². The SMILES string of the molecule is CCCCC[C@@H]1O[C@@H]1C/C=C/C/C=C\C/C=C\CCCC(=O)OC. The summed E-state index contributed by atoms with van der Waals surface area (Å²) in [5.74, 6) is -0.126. The third kappa shape index (κ3) is 11.2. The monoisotopic (exact) mass is 334 g/mol. The number of unbranched alkanes of at least 4 members (excludes halogenated alkanes) is 3. The fourth-order valence-electron chi connectivity index (χ4n) is 2.59. The molecule has 0 aromatic rings. The Kier molecular flexibility index (Phi) is 12.1. The molecule has 0 aliphatic carbocycles. The molecule has 0 radical (unpaired) electrons. The van der Waals surface area contributed by atoms with E-state index < -0.39 is 0 Å². The molecule has 1 fully saturated rings. The Bertz CT molecular complexity index is 409. The van der Waals surface area contributed by atoms with Crippen LogP contribution in [0.2, 0.25) is 0 Å². The average Bonchev–Trinajstić information content (AvgIpc) is 3.34. The highest BCUT2D eigenvalue weighted by Crippen LogP contribution is 2.30. The quantitative estimate of drug-likeness (QED) is 0.182. The molecular formula is C21H34O3. The van der Waals surface area contributed by atoms with Crippen molar-refractivity contribution < 1.29 is 14.3 Å². The normalized spacial score (nSPS) is 20.4. The van der Waals surface area contributed by atoms with Crippen LogP contribution in [0.15, 0.2) is 36.5 Å². The zero-order valence-corrected chi connectivity index (χ0v) is 15.4. The van der Waals surface area contributed by atoms with E-state index in [1.807, 2.05) is 0 Å². The van der Waals surface area contributed by atoms with Crippen LogP contribution in [0.5, 0.6) is 0 Å². The maximum Gasteiger partial charge on any atom is 0.305 e. The van der Waals surface area contributed by atoms with E-state index in [1.54, 1.807) is 0 Å². The Morgan fingerprint density at radius 3 is 2.38 bits per heavy atom. The molecule has 0 aromatic heterocycles. The first-order valence-corrected chi connectivity index (χ1v) is 9.45. The molecule has 24 heavy (non-hydrogen) atoms. The van der Waals surface area contributed by atoms with Crippen molar-refractivity contribution in [3.8, 4) is 0 Å². The fraction of sp³-hybridized carbons (Fsp3) is 0.667. The number of epoxide rings is 1. The molecule has 0 spiro atoms. The van der Waals surface area contributed by atoms with Crippen LogP contribution in [-0.2, 0) is 14.3 Å². The molecule has 0 aromatic carbocycles. The number of allylic oxidation sites excluding steroid dienone is 5. The van der Waals surface area contributed by atoms with Crippen molar-refractivity contribution in [3.63, 3.8) is 0 Å². The summed E-state index contributed by atoms with van der Waals surface area (Å²) < 4.78 is 10.3. The van der Waals surface area contributed by atoms with Crippen molar-refractivity contribution in [1.82, 2.24) is 0 Å². The topological polar surface area (TPSA) is 38.8 Å². The molecular weight excluding hydrogens is 300 g/mol. The van der Waals surface area contributed by atoms with Crippen molar-refractivity contribution in [3.05, 3.63) is 36.5 Å². The van der Waals surface area contributed by atoms with Crippen molar-refractivity contribution >= 4 is 5.97 Å². The molecule has 3 heteroatoms. The van der Waals surface area contributed by atoms with Gasteiger partial charge in [0.25, 0.3) is 0 Å². The number of esters is 1. The van der Waals surface area contributed by atoms with E-state index in [2.05, 4.69) is 48.1 Å². The second kappa shape index (κ2) is 14.0. The van der Waals surface area contributed by atoms with Gasteiger partial charge in [0.15, 0.2) is 0 Å². The number of carbonyl (C=O) groups excluding carboxylic acids is 1. The molecule has 136 valence electrons. The number of hydrogen-bond donors (Lipinski definition) is 0. The number of rotatable bonds is 14. The largest absolute Gasteiger partial charge is 0.469 e. The van der Waals surface area contributed by atoms with Gasteiger partial charge in [-0.3, -0.25) is 4.79 Å². The minimum Gasteiger partial charge on any atom is -0.469 e.